The summed E-state index contributed by atoms with van der Waals surface area (Å²) in [5, 5.41) is 13.7. The molecule has 2 rings (SSSR count). The molecular formula is C16H23ClN2O2. The van der Waals surface area contributed by atoms with Gasteiger partial charge in [0, 0.05) is 17.6 Å². The van der Waals surface area contributed by atoms with Crippen molar-refractivity contribution in [1.82, 2.24) is 10.2 Å². The molecule has 1 saturated heterocycles. The molecule has 2 N–H and O–H groups in total. The highest BCUT2D eigenvalue weighted by atomic mass is 35.5. The minimum absolute atomic E-state index is 0.0524. The molecule has 1 fully saturated rings. The number of carbonyl (C=O) groups is 1. The average Bonchev–Trinajstić information content (AvgIpc) is 2.45. The summed E-state index contributed by atoms with van der Waals surface area (Å²) in [7, 11) is 0. The van der Waals surface area contributed by atoms with Crippen LogP contribution in [0.1, 0.15) is 37.0 Å². The van der Waals surface area contributed by atoms with Crippen molar-refractivity contribution in [3.63, 3.8) is 0 Å². The fourth-order valence-electron chi connectivity index (χ4n) is 2.71. The van der Waals surface area contributed by atoms with E-state index in [2.05, 4.69) is 5.32 Å². The van der Waals surface area contributed by atoms with Crippen molar-refractivity contribution in [1.29, 1.82) is 0 Å². The SMILES string of the molecule is CC(C)N(CC1CCNCC1)C(=O)c1ccc(Cl)cc1O. The van der Waals surface area contributed by atoms with E-state index in [1.807, 2.05) is 18.7 Å². The molecule has 1 aromatic rings. The molecule has 0 aromatic heterocycles. The van der Waals surface area contributed by atoms with Crippen LogP contribution in [0, 0.1) is 5.92 Å². The molecule has 116 valence electrons. The maximum Gasteiger partial charge on any atom is 0.257 e. The number of phenolic OH excluding ortho intramolecular Hbond substituents is 1. The van der Waals surface area contributed by atoms with Crippen molar-refractivity contribution < 1.29 is 9.90 Å². The largest absolute Gasteiger partial charge is 0.507 e. The molecule has 0 saturated carbocycles. The Bertz CT molecular complexity index is 499. The van der Waals surface area contributed by atoms with Crippen molar-refractivity contribution in [3.05, 3.63) is 28.8 Å². The second kappa shape index (κ2) is 7.14. The first kappa shape index (κ1) is 16.1. The number of rotatable bonds is 4. The molecule has 21 heavy (non-hydrogen) atoms. The summed E-state index contributed by atoms with van der Waals surface area (Å²) in [6.07, 6.45) is 2.17. The van der Waals surface area contributed by atoms with Gasteiger partial charge in [0.05, 0.1) is 5.56 Å². The van der Waals surface area contributed by atoms with Gasteiger partial charge in [-0.25, -0.2) is 0 Å². The topological polar surface area (TPSA) is 52.6 Å². The fraction of sp³-hybridized carbons (Fsp3) is 0.562. The molecule has 4 nitrogen and oxygen atoms in total. The highest BCUT2D eigenvalue weighted by molar-refractivity contribution is 6.30. The summed E-state index contributed by atoms with van der Waals surface area (Å²) < 4.78 is 0. The average molecular weight is 311 g/mol. The van der Waals surface area contributed by atoms with Crippen molar-refractivity contribution in [2.45, 2.75) is 32.7 Å². The quantitative estimate of drug-likeness (QED) is 0.899. The Morgan fingerprint density at radius 1 is 1.43 bits per heavy atom. The van der Waals surface area contributed by atoms with Crippen LogP contribution in [0.5, 0.6) is 5.75 Å². The lowest BCUT2D eigenvalue weighted by Crippen LogP contribution is -2.43. The first-order valence-electron chi connectivity index (χ1n) is 7.49. The Kier molecular flexibility index (Phi) is 5.48. The van der Waals surface area contributed by atoms with Gasteiger partial charge in [0.2, 0.25) is 0 Å². The molecule has 1 aliphatic rings. The van der Waals surface area contributed by atoms with E-state index in [0.717, 1.165) is 32.5 Å². The van der Waals surface area contributed by atoms with Crippen LogP contribution in [0.4, 0.5) is 0 Å². The number of hydrogen-bond acceptors (Lipinski definition) is 3. The van der Waals surface area contributed by atoms with Crippen LogP contribution in [-0.4, -0.2) is 41.6 Å². The van der Waals surface area contributed by atoms with Crippen LogP contribution >= 0.6 is 11.6 Å². The zero-order valence-electron chi connectivity index (χ0n) is 12.6. The van der Waals surface area contributed by atoms with Crippen LogP contribution in [0.15, 0.2) is 18.2 Å². The van der Waals surface area contributed by atoms with Gasteiger partial charge in [0.1, 0.15) is 5.75 Å². The summed E-state index contributed by atoms with van der Waals surface area (Å²) >= 11 is 5.83. The van der Waals surface area contributed by atoms with Crippen molar-refractivity contribution >= 4 is 17.5 Å². The lowest BCUT2D eigenvalue weighted by Gasteiger charge is -2.33. The predicted octanol–water partition coefficient (Wildman–Crippen LogP) is 2.90. The first-order valence-corrected chi connectivity index (χ1v) is 7.87. The molecule has 0 radical (unpaired) electrons. The molecule has 1 aliphatic heterocycles. The van der Waals surface area contributed by atoms with E-state index < -0.39 is 0 Å². The molecule has 0 spiro atoms. The van der Waals surface area contributed by atoms with E-state index in [0.29, 0.717) is 16.5 Å². The van der Waals surface area contributed by atoms with Gasteiger partial charge in [-0.15, -0.1) is 0 Å². The molecule has 0 atom stereocenters. The number of nitrogens with zero attached hydrogens (tertiary/aromatic N) is 1. The highest BCUT2D eigenvalue weighted by Crippen LogP contribution is 2.25. The Hall–Kier alpha value is -1.26. The lowest BCUT2D eigenvalue weighted by molar-refractivity contribution is 0.0655. The second-order valence-electron chi connectivity index (χ2n) is 5.91. The zero-order chi connectivity index (χ0) is 15.4. The van der Waals surface area contributed by atoms with Crippen LogP contribution < -0.4 is 5.32 Å². The summed E-state index contributed by atoms with van der Waals surface area (Å²) in [5.74, 6) is 0.341. The molecule has 1 amide bonds. The molecule has 0 unspecified atom stereocenters. The van der Waals surface area contributed by atoms with E-state index in [1.54, 1.807) is 12.1 Å². The third kappa shape index (κ3) is 4.11. The van der Waals surface area contributed by atoms with E-state index in [4.69, 9.17) is 11.6 Å². The number of halogens is 1. The van der Waals surface area contributed by atoms with Gasteiger partial charge in [0.15, 0.2) is 0 Å². The molecular weight excluding hydrogens is 288 g/mol. The zero-order valence-corrected chi connectivity index (χ0v) is 13.4. The van der Waals surface area contributed by atoms with E-state index in [-0.39, 0.29) is 17.7 Å². The number of nitrogens with one attached hydrogen (secondary N) is 1. The highest BCUT2D eigenvalue weighted by Gasteiger charge is 2.25. The number of phenols is 1. The molecule has 0 aliphatic carbocycles. The van der Waals surface area contributed by atoms with Gasteiger partial charge in [-0.1, -0.05) is 11.6 Å². The first-order chi connectivity index (χ1) is 9.99. The number of aromatic hydroxyl groups is 1. The van der Waals surface area contributed by atoms with E-state index >= 15 is 0 Å². The Morgan fingerprint density at radius 3 is 2.67 bits per heavy atom. The summed E-state index contributed by atoms with van der Waals surface area (Å²) in [4.78, 5) is 14.5. The van der Waals surface area contributed by atoms with Crippen LogP contribution in [0.25, 0.3) is 0 Å². The number of hydrogen-bond donors (Lipinski definition) is 2. The van der Waals surface area contributed by atoms with E-state index in [1.165, 1.54) is 6.07 Å². The maximum atomic E-state index is 12.7. The van der Waals surface area contributed by atoms with Crippen molar-refractivity contribution in [2.75, 3.05) is 19.6 Å². The normalized spacial score (nSPS) is 16.2. The van der Waals surface area contributed by atoms with Crippen LogP contribution in [0.3, 0.4) is 0 Å². The Balaban J connectivity index is 2.14. The predicted molar refractivity (Wildman–Crippen MR) is 84.9 cm³/mol. The van der Waals surface area contributed by atoms with Crippen molar-refractivity contribution in [3.8, 4) is 5.75 Å². The third-order valence-corrected chi connectivity index (χ3v) is 4.22. The minimum Gasteiger partial charge on any atom is -0.507 e. The summed E-state index contributed by atoms with van der Waals surface area (Å²) in [6, 6.07) is 4.75. The van der Waals surface area contributed by atoms with Crippen LogP contribution in [0.2, 0.25) is 5.02 Å². The molecule has 1 heterocycles. The number of amides is 1. The fourth-order valence-corrected chi connectivity index (χ4v) is 2.88. The minimum atomic E-state index is -0.127. The van der Waals surface area contributed by atoms with Gasteiger partial charge in [-0.3, -0.25) is 4.79 Å². The summed E-state index contributed by atoms with van der Waals surface area (Å²) in [6.45, 7) is 6.77. The van der Waals surface area contributed by atoms with Crippen molar-refractivity contribution in [2.24, 2.45) is 5.92 Å². The lowest BCUT2D eigenvalue weighted by atomic mass is 9.96. The Labute approximate surface area is 131 Å². The summed E-state index contributed by atoms with van der Waals surface area (Å²) in [5.41, 5.74) is 0.321. The number of carbonyl (C=O) groups excluding carboxylic acids is 1. The molecule has 0 bridgehead atoms. The van der Waals surface area contributed by atoms with E-state index in [9.17, 15) is 9.90 Å². The van der Waals surface area contributed by atoms with Gasteiger partial charge in [-0.05, 0) is 63.9 Å². The standard InChI is InChI=1S/C16H23ClN2O2/c1-11(2)19(10-12-5-7-18-8-6-12)16(21)14-4-3-13(17)9-15(14)20/h3-4,9,11-12,18,20H,5-8,10H2,1-2H3. The van der Waals surface area contributed by atoms with Crippen LogP contribution in [-0.2, 0) is 0 Å². The van der Waals surface area contributed by atoms with Gasteiger partial charge in [-0.2, -0.15) is 0 Å². The van der Waals surface area contributed by atoms with Gasteiger partial charge < -0.3 is 15.3 Å². The number of benzene rings is 1. The smallest absolute Gasteiger partial charge is 0.257 e. The Morgan fingerprint density at radius 2 is 2.10 bits per heavy atom. The number of piperidine rings is 1. The monoisotopic (exact) mass is 310 g/mol. The van der Waals surface area contributed by atoms with Gasteiger partial charge in [0.25, 0.3) is 5.91 Å². The molecule has 1 aromatic carbocycles. The second-order valence-corrected chi connectivity index (χ2v) is 6.34. The van der Waals surface area contributed by atoms with Gasteiger partial charge >= 0.3 is 0 Å². The maximum absolute atomic E-state index is 12.7. The molecule has 5 heteroatoms. The third-order valence-electron chi connectivity index (χ3n) is 3.99.